The first-order chi connectivity index (χ1) is 6.86. The van der Waals surface area contributed by atoms with Crippen LogP contribution in [-0.4, -0.2) is 13.6 Å². The summed E-state index contributed by atoms with van der Waals surface area (Å²) in [7, 11) is 1.93. The first-order valence-electron chi connectivity index (χ1n) is 4.65. The molecule has 0 aliphatic carbocycles. The normalized spacial score (nSPS) is 9.29. The number of halogens is 1. The fourth-order valence-corrected chi connectivity index (χ4v) is 1.25. The molecular weight excluding hydrogens is 194 g/mol. The monoisotopic (exact) mass is 207 g/mol. The van der Waals surface area contributed by atoms with Crippen molar-refractivity contribution in [2.45, 2.75) is 12.3 Å². The second kappa shape index (κ2) is 6.48. The largest absolute Gasteiger partial charge is 0.319 e. The molecule has 74 valence electrons. The highest BCUT2D eigenvalue weighted by molar-refractivity contribution is 6.17. The Morgan fingerprint density at radius 1 is 1.43 bits per heavy atom. The highest BCUT2D eigenvalue weighted by Crippen LogP contribution is 2.06. The lowest BCUT2D eigenvalue weighted by Gasteiger charge is -1.95. The third-order valence-electron chi connectivity index (χ3n) is 1.81. The molecule has 0 heterocycles. The van der Waals surface area contributed by atoms with Crippen molar-refractivity contribution >= 4 is 11.6 Å². The average molecular weight is 208 g/mol. The minimum Gasteiger partial charge on any atom is -0.319 e. The Morgan fingerprint density at radius 2 is 2.29 bits per heavy atom. The van der Waals surface area contributed by atoms with E-state index in [0.29, 0.717) is 5.88 Å². The molecule has 1 aromatic rings. The fraction of sp³-hybridized carbons (Fsp3) is 0.333. The highest BCUT2D eigenvalue weighted by Gasteiger charge is 1.90. The number of nitrogens with one attached hydrogen (secondary N) is 1. The van der Waals surface area contributed by atoms with Gasteiger partial charge in [0.15, 0.2) is 0 Å². The van der Waals surface area contributed by atoms with Gasteiger partial charge in [-0.25, -0.2) is 0 Å². The van der Waals surface area contributed by atoms with Gasteiger partial charge >= 0.3 is 0 Å². The van der Waals surface area contributed by atoms with E-state index in [1.165, 1.54) is 0 Å². The highest BCUT2D eigenvalue weighted by atomic mass is 35.5. The first kappa shape index (κ1) is 11.1. The van der Waals surface area contributed by atoms with Crippen LogP contribution in [0.3, 0.4) is 0 Å². The molecule has 0 radical (unpaired) electrons. The van der Waals surface area contributed by atoms with Crippen LogP contribution in [0, 0.1) is 11.8 Å². The molecule has 1 nitrogen and oxygen atoms in total. The van der Waals surface area contributed by atoms with Crippen LogP contribution in [0.5, 0.6) is 0 Å². The van der Waals surface area contributed by atoms with Gasteiger partial charge in [-0.15, -0.1) is 11.6 Å². The molecule has 0 saturated carbocycles. The van der Waals surface area contributed by atoms with Gasteiger partial charge in [-0.1, -0.05) is 24.0 Å². The van der Waals surface area contributed by atoms with E-state index < -0.39 is 0 Å². The predicted molar refractivity (Wildman–Crippen MR) is 61.4 cm³/mol. The molecule has 1 rings (SSSR count). The summed E-state index contributed by atoms with van der Waals surface area (Å²) in [5.41, 5.74) is 2.16. The van der Waals surface area contributed by atoms with Crippen LogP contribution in [0.15, 0.2) is 24.3 Å². The third-order valence-corrected chi connectivity index (χ3v) is 2.12. The minimum atomic E-state index is 0.548. The zero-order valence-electron chi connectivity index (χ0n) is 8.31. The lowest BCUT2D eigenvalue weighted by molar-refractivity contribution is 0.818. The average Bonchev–Trinajstić information content (AvgIpc) is 2.25. The van der Waals surface area contributed by atoms with Gasteiger partial charge in [0.05, 0.1) is 0 Å². The van der Waals surface area contributed by atoms with Gasteiger partial charge in [0.2, 0.25) is 0 Å². The van der Waals surface area contributed by atoms with Crippen LogP contribution in [0.25, 0.3) is 0 Å². The Kier molecular flexibility index (Phi) is 5.14. The van der Waals surface area contributed by atoms with Crippen molar-refractivity contribution < 1.29 is 0 Å². The molecule has 0 spiro atoms. The first-order valence-corrected chi connectivity index (χ1v) is 5.18. The molecule has 2 heteroatoms. The van der Waals surface area contributed by atoms with E-state index in [4.69, 9.17) is 11.6 Å². The van der Waals surface area contributed by atoms with Crippen LogP contribution >= 0.6 is 11.6 Å². The summed E-state index contributed by atoms with van der Waals surface area (Å²) in [5.74, 6) is 6.75. The number of hydrogen-bond donors (Lipinski definition) is 1. The molecule has 0 aliphatic heterocycles. The van der Waals surface area contributed by atoms with Gasteiger partial charge in [-0.2, -0.15) is 0 Å². The molecule has 0 fully saturated rings. The van der Waals surface area contributed by atoms with Crippen LogP contribution in [0.4, 0.5) is 0 Å². The van der Waals surface area contributed by atoms with E-state index in [1.807, 2.05) is 31.3 Å². The Labute approximate surface area is 90.5 Å². The second-order valence-corrected chi connectivity index (χ2v) is 3.26. The Balaban J connectivity index is 2.60. The van der Waals surface area contributed by atoms with E-state index in [1.54, 1.807) is 0 Å². The topological polar surface area (TPSA) is 12.0 Å². The molecular formula is C12H14ClN. The molecule has 1 N–H and O–H groups in total. The van der Waals surface area contributed by atoms with Gasteiger partial charge in [-0.05, 0) is 24.7 Å². The van der Waals surface area contributed by atoms with Gasteiger partial charge in [0.25, 0.3) is 0 Å². The SMILES string of the molecule is CNCCC#Cc1cccc(CCl)c1. The van der Waals surface area contributed by atoms with Crippen molar-refractivity contribution in [3.8, 4) is 11.8 Å². The number of rotatable bonds is 3. The molecule has 0 aliphatic rings. The predicted octanol–water partition coefficient (Wildman–Crippen LogP) is 2.39. The van der Waals surface area contributed by atoms with Crippen molar-refractivity contribution in [2.75, 3.05) is 13.6 Å². The molecule has 0 atom stereocenters. The summed E-state index contributed by atoms with van der Waals surface area (Å²) in [4.78, 5) is 0. The summed E-state index contributed by atoms with van der Waals surface area (Å²) in [6.07, 6.45) is 0.877. The summed E-state index contributed by atoms with van der Waals surface area (Å²) < 4.78 is 0. The Hall–Kier alpha value is -0.970. The van der Waals surface area contributed by atoms with Gasteiger partial charge in [0, 0.05) is 24.4 Å². The lowest BCUT2D eigenvalue weighted by Crippen LogP contribution is -2.05. The van der Waals surface area contributed by atoms with Crippen LogP contribution in [-0.2, 0) is 5.88 Å². The van der Waals surface area contributed by atoms with Gasteiger partial charge < -0.3 is 5.32 Å². The number of benzene rings is 1. The number of hydrogen-bond acceptors (Lipinski definition) is 1. The van der Waals surface area contributed by atoms with Crippen molar-refractivity contribution in [3.05, 3.63) is 35.4 Å². The van der Waals surface area contributed by atoms with Crippen molar-refractivity contribution in [2.24, 2.45) is 0 Å². The smallest absolute Gasteiger partial charge is 0.0474 e. The minimum absolute atomic E-state index is 0.548. The van der Waals surface area contributed by atoms with Crippen molar-refractivity contribution in [1.29, 1.82) is 0 Å². The second-order valence-electron chi connectivity index (χ2n) is 2.99. The van der Waals surface area contributed by atoms with Crippen molar-refractivity contribution in [3.63, 3.8) is 0 Å². The molecule has 0 amide bonds. The van der Waals surface area contributed by atoms with E-state index in [2.05, 4.69) is 17.2 Å². The lowest BCUT2D eigenvalue weighted by atomic mass is 10.1. The zero-order valence-corrected chi connectivity index (χ0v) is 9.06. The summed E-state index contributed by atoms with van der Waals surface area (Å²) in [6, 6.07) is 8.02. The van der Waals surface area contributed by atoms with Crippen LogP contribution < -0.4 is 5.32 Å². The standard InChI is InChI=1S/C12H14ClN/c1-14-8-3-2-5-11-6-4-7-12(9-11)10-13/h4,6-7,9,14H,3,8,10H2,1H3. The summed E-state index contributed by atoms with van der Waals surface area (Å²) in [5, 5.41) is 3.05. The van der Waals surface area contributed by atoms with Crippen LogP contribution in [0.1, 0.15) is 17.5 Å². The summed E-state index contributed by atoms with van der Waals surface area (Å²) in [6.45, 7) is 0.933. The molecule has 0 bridgehead atoms. The van der Waals surface area contributed by atoms with Gasteiger partial charge in [0.1, 0.15) is 0 Å². The van der Waals surface area contributed by atoms with Crippen LogP contribution in [0.2, 0.25) is 0 Å². The van der Waals surface area contributed by atoms with Crippen molar-refractivity contribution in [1.82, 2.24) is 5.32 Å². The molecule has 0 saturated heterocycles. The van der Waals surface area contributed by atoms with Gasteiger partial charge in [-0.3, -0.25) is 0 Å². The van der Waals surface area contributed by atoms with E-state index >= 15 is 0 Å². The third kappa shape index (κ3) is 3.83. The maximum atomic E-state index is 5.72. The molecule has 0 aromatic heterocycles. The number of alkyl halides is 1. The quantitative estimate of drug-likeness (QED) is 0.456. The zero-order chi connectivity index (χ0) is 10.2. The van der Waals surface area contributed by atoms with E-state index in [0.717, 1.165) is 24.1 Å². The summed E-state index contributed by atoms with van der Waals surface area (Å²) >= 11 is 5.72. The maximum Gasteiger partial charge on any atom is 0.0474 e. The molecule has 0 unspecified atom stereocenters. The maximum absolute atomic E-state index is 5.72. The fourth-order valence-electron chi connectivity index (χ4n) is 1.08. The van der Waals surface area contributed by atoms with E-state index in [-0.39, 0.29) is 0 Å². The molecule has 14 heavy (non-hydrogen) atoms. The molecule has 1 aromatic carbocycles. The Bertz CT molecular complexity index is 336. The Morgan fingerprint density at radius 3 is 3.00 bits per heavy atom. The van der Waals surface area contributed by atoms with E-state index in [9.17, 15) is 0 Å².